The van der Waals surface area contributed by atoms with Crippen LogP contribution in [0.1, 0.15) is 5.56 Å². The summed E-state index contributed by atoms with van der Waals surface area (Å²) in [5, 5.41) is 4.12. The predicted octanol–water partition coefficient (Wildman–Crippen LogP) is 2.67. The van der Waals surface area contributed by atoms with Crippen molar-refractivity contribution in [2.45, 2.75) is 11.3 Å². The molecule has 130 valence electrons. The third-order valence-electron chi connectivity index (χ3n) is 3.56. The maximum atomic E-state index is 13.2. The Bertz CT molecular complexity index is 936. The molecule has 1 aromatic heterocycles. The molecule has 0 bridgehead atoms. The van der Waals surface area contributed by atoms with Gasteiger partial charge in [0.05, 0.1) is 10.6 Å². The van der Waals surface area contributed by atoms with E-state index >= 15 is 0 Å². The lowest BCUT2D eigenvalue weighted by Crippen LogP contribution is -2.26. The zero-order chi connectivity index (χ0) is 17.9. The lowest BCUT2D eigenvalue weighted by atomic mass is 10.1. The maximum Gasteiger partial charge on any atom is 0.240 e. The van der Waals surface area contributed by atoms with Crippen LogP contribution in [0.5, 0.6) is 0 Å². The summed E-state index contributed by atoms with van der Waals surface area (Å²) < 4.78 is 54.5. The molecule has 3 rings (SSSR count). The first kappa shape index (κ1) is 17.2. The van der Waals surface area contributed by atoms with Gasteiger partial charge in [0, 0.05) is 25.0 Å². The predicted molar refractivity (Wildman–Crippen MR) is 88.8 cm³/mol. The first-order chi connectivity index (χ1) is 11.9. The SMILES string of the molecule is O=S(=O)(NCCc1ccc(-n2cccn2)cc1)c1cc(F)cc(F)c1. The Hall–Kier alpha value is -2.58. The van der Waals surface area contributed by atoms with Gasteiger partial charge in [-0.2, -0.15) is 5.10 Å². The normalized spacial score (nSPS) is 11.6. The number of aromatic nitrogens is 2. The van der Waals surface area contributed by atoms with Gasteiger partial charge in [0.1, 0.15) is 11.6 Å². The molecule has 1 heterocycles. The van der Waals surface area contributed by atoms with Gasteiger partial charge in [-0.3, -0.25) is 0 Å². The van der Waals surface area contributed by atoms with Crippen molar-refractivity contribution in [3.63, 3.8) is 0 Å². The molecule has 0 aliphatic heterocycles. The Morgan fingerprint density at radius 2 is 1.72 bits per heavy atom. The molecule has 25 heavy (non-hydrogen) atoms. The van der Waals surface area contributed by atoms with Crippen molar-refractivity contribution in [1.82, 2.24) is 14.5 Å². The molecule has 2 aromatic carbocycles. The zero-order valence-corrected chi connectivity index (χ0v) is 13.9. The summed E-state index contributed by atoms with van der Waals surface area (Å²) >= 11 is 0. The van der Waals surface area contributed by atoms with Crippen LogP contribution in [-0.2, 0) is 16.4 Å². The minimum atomic E-state index is -3.96. The molecule has 0 spiro atoms. The van der Waals surface area contributed by atoms with E-state index in [1.165, 1.54) is 0 Å². The van der Waals surface area contributed by atoms with Crippen LogP contribution in [0.3, 0.4) is 0 Å². The summed E-state index contributed by atoms with van der Waals surface area (Å²) in [4.78, 5) is -0.431. The van der Waals surface area contributed by atoms with E-state index < -0.39 is 26.6 Å². The summed E-state index contributed by atoms with van der Waals surface area (Å²) in [5.74, 6) is -1.87. The van der Waals surface area contributed by atoms with Gasteiger partial charge < -0.3 is 0 Å². The van der Waals surface area contributed by atoms with Crippen LogP contribution in [-0.4, -0.2) is 24.7 Å². The van der Waals surface area contributed by atoms with Crippen molar-refractivity contribution in [3.8, 4) is 5.69 Å². The highest BCUT2D eigenvalue weighted by atomic mass is 32.2. The Balaban J connectivity index is 1.62. The fourth-order valence-corrected chi connectivity index (χ4v) is 3.41. The van der Waals surface area contributed by atoms with Gasteiger partial charge in [-0.15, -0.1) is 0 Å². The average molecular weight is 363 g/mol. The molecule has 0 saturated carbocycles. The van der Waals surface area contributed by atoms with E-state index in [2.05, 4.69) is 9.82 Å². The number of sulfonamides is 1. The summed E-state index contributed by atoms with van der Waals surface area (Å²) in [5.41, 5.74) is 1.81. The standard InChI is InChI=1S/C17H15F2N3O2S/c18-14-10-15(19)12-17(11-14)25(23,24)21-8-6-13-2-4-16(5-3-13)22-9-1-7-20-22/h1-5,7,9-12,21H,6,8H2. The van der Waals surface area contributed by atoms with Crippen molar-refractivity contribution >= 4 is 10.0 Å². The monoisotopic (exact) mass is 363 g/mol. The molecule has 0 amide bonds. The first-order valence-electron chi connectivity index (χ1n) is 7.49. The van der Waals surface area contributed by atoms with Crippen molar-refractivity contribution in [2.24, 2.45) is 0 Å². The van der Waals surface area contributed by atoms with Crippen LogP contribution in [0.4, 0.5) is 8.78 Å². The second kappa shape index (κ2) is 7.12. The highest BCUT2D eigenvalue weighted by Crippen LogP contribution is 2.14. The maximum absolute atomic E-state index is 13.2. The van der Waals surface area contributed by atoms with Crippen molar-refractivity contribution in [2.75, 3.05) is 6.54 Å². The lowest BCUT2D eigenvalue weighted by Gasteiger charge is -2.08. The molecule has 0 saturated heterocycles. The molecule has 1 N–H and O–H groups in total. The van der Waals surface area contributed by atoms with Gasteiger partial charge in [0.15, 0.2) is 0 Å². The first-order valence-corrected chi connectivity index (χ1v) is 8.97. The van der Waals surface area contributed by atoms with Gasteiger partial charge in [0.25, 0.3) is 0 Å². The number of hydrogen-bond donors (Lipinski definition) is 1. The van der Waals surface area contributed by atoms with E-state index in [0.29, 0.717) is 12.5 Å². The van der Waals surface area contributed by atoms with Crippen molar-refractivity contribution in [3.05, 3.63) is 78.1 Å². The summed E-state index contributed by atoms with van der Waals surface area (Å²) in [7, 11) is -3.96. The molecule has 0 atom stereocenters. The molecular weight excluding hydrogens is 348 g/mol. The fourth-order valence-electron chi connectivity index (χ4n) is 2.33. The molecular formula is C17H15F2N3O2S. The van der Waals surface area contributed by atoms with E-state index in [4.69, 9.17) is 0 Å². The number of hydrogen-bond acceptors (Lipinski definition) is 3. The minimum absolute atomic E-state index is 0.113. The van der Waals surface area contributed by atoms with E-state index in [0.717, 1.165) is 23.4 Å². The van der Waals surface area contributed by atoms with Gasteiger partial charge in [-0.25, -0.2) is 26.6 Å². The van der Waals surface area contributed by atoms with Gasteiger partial charge in [0.2, 0.25) is 10.0 Å². The minimum Gasteiger partial charge on any atom is -0.241 e. The van der Waals surface area contributed by atoms with E-state index in [-0.39, 0.29) is 6.54 Å². The lowest BCUT2D eigenvalue weighted by molar-refractivity contribution is 0.561. The quantitative estimate of drug-likeness (QED) is 0.732. The zero-order valence-electron chi connectivity index (χ0n) is 13.1. The largest absolute Gasteiger partial charge is 0.241 e. The van der Waals surface area contributed by atoms with Crippen LogP contribution in [0, 0.1) is 11.6 Å². The average Bonchev–Trinajstić information content (AvgIpc) is 3.09. The molecule has 0 aliphatic carbocycles. The Labute approximate surface area is 144 Å². The van der Waals surface area contributed by atoms with E-state index in [1.54, 1.807) is 10.9 Å². The fraction of sp³-hybridized carbons (Fsp3) is 0.118. The third-order valence-corrected chi connectivity index (χ3v) is 5.00. The Morgan fingerprint density at radius 1 is 1.04 bits per heavy atom. The summed E-state index contributed by atoms with van der Waals surface area (Å²) in [6.45, 7) is 0.113. The van der Waals surface area contributed by atoms with Crippen LogP contribution in [0.15, 0.2) is 65.8 Å². The van der Waals surface area contributed by atoms with Crippen LogP contribution >= 0.6 is 0 Å². The van der Waals surface area contributed by atoms with Gasteiger partial charge >= 0.3 is 0 Å². The molecule has 8 heteroatoms. The molecule has 3 aromatic rings. The molecule has 0 aliphatic rings. The number of halogens is 2. The van der Waals surface area contributed by atoms with Crippen LogP contribution < -0.4 is 4.72 Å². The third kappa shape index (κ3) is 4.28. The highest BCUT2D eigenvalue weighted by molar-refractivity contribution is 7.89. The summed E-state index contributed by atoms with van der Waals surface area (Å²) in [6.07, 6.45) is 3.94. The van der Waals surface area contributed by atoms with E-state index in [1.807, 2.05) is 36.5 Å². The van der Waals surface area contributed by atoms with Crippen molar-refractivity contribution < 1.29 is 17.2 Å². The van der Waals surface area contributed by atoms with Crippen molar-refractivity contribution in [1.29, 1.82) is 0 Å². The Morgan fingerprint density at radius 3 is 2.32 bits per heavy atom. The van der Waals surface area contributed by atoms with Gasteiger partial charge in [-0.1, -0.05) is 12.1 Å². The number of rotatable bonds is 6. The number of benzene rings is 2. The highest BCUT2D eigenvalue weighted by Gasteiger charge is 2.15. The summed E-state index contributed by atoms with van der Waals surface area (Å²) in [6, 6.07) is 11.5. The van der Waals surface area contributed by atoms with Crippen LogP contribution in [0.2, 0.25) is 0 Å². The molecule has 0 radical (unpaired) electrons. The van der Waals surface area contributed by atoms with Gasteiger partial charge in [-0.05, 0) is 42.3 Å². The second-order valence-electron chi connectivity index (χ2n) is 5.37. The number of nitrogens with zero attached hydrogens (tertiary/aromatic N) is 2. The van der Waals surface area contributed by atoms with Crippen LogP contribution in [0.25, 0.3) is 5.69 Å². The molecule has 5 nitrogen and oxygen atoms in total. The topological polar surface area (TPSA) is 64.0 Å². The second-order valence-corrected chi connectivity index (χ2v) is 7.14. The smallest absolute Gasteiger partial charge is 0.240 e. The Kier molecular flexibility index (Phi) is 4.91. The number of nitrogens with one attached hydrogen (secondary N) is 1. The molecule has 0 unspecified atom stereocenters. The molecule has 0 fully saturated rings. The van der Waals surface area contributed by atoms with E-state index in [9.17, 15) is 17.2 Å².